The predicted octanol–water partition coefficient (Wildman–Crippen LogP) is 7.54. The summed E-state index contributed by atoms with van der Waals surface area (Å²) in [4.78, 5) is 0. The SMILES string of the molecule is CCc1ccc(-c2ccc3c(F)c(C#Cc4cc(F)c(Cl)c(F)c4)ccc3c2)cc1. The number of halogens is 4. The lowest BCUT2D eigenvalue weighted by molar-refractivity contribution is 0.583. The molecule has 30 heavy (non-hydrogen) atoms. The molecule has 0 radical (unpaired) electrons. The molecule has 0 aromatic heterocycles. The molecule has 0 saturated heterocycles. The van der Waals surface area contributed by atoms with Crippen molar-refractivity contribution in [3.8, 4) is 23.0 Å². The number of fused-ring (bicyclic) bond motifs is 1. The van der Waals surface area contributed by atoms with Crippen molar-refractivity contribution in [2.45, 2.75) is 13.3 Å². The Kier molecular flexibility index (Phi) is 5.53. The van der Waals surface area contributed by atoms with Gasteiger partial charge in [0, 0.05) is 10.9 Å². The second-order valence-corrected chi connectivity index (χ2v) is 7.30. The average Bonchev–Trinajstić information content (AvgIpc) is 2.76. The largest absolute Gasteiger partial charge is 0.205 e. The van der Waals surface area contributed by atoms with Gasteiger partial charge < -0.3 is 0 Å². The molecule has 4 heteroatoms. The molecule has 0 nitrogen and oxygen atoms in total. The van der Waals surface area contributed by atoms with Crippen molar-refractivity contribution < 1.29 is 13.2 Å². The third-order valence-electron chi connectivity index (χ3n) is 4.97. The standard InChI is InChI=1S/C26H16ClF3/c1-2-16-3-6-18(7-4-16)20-11-12-22-21(15-20)10-9-19(26(22)30)8-5-17-13-23(28)25(27)24(29)14-17/h3-4,6-7,9-15H,2H2,1H3. The van der Waals surface area contributed by atoms with Gasteiger partial charge in [0.25, 0.3) is 0 Å². The Bertz CT molecular complexity index is 1290. The fraction of sp³-hybridized carbons (Fsp3) is 0.0769. The van der Waals surface area contributed by atoms with Crippen LogP contribution in [0.5, 0.6) is 0 Å². The third-order valence-corrected chi connectivity index (χ3v) is 5.34. The predicted molar refractivity (Wildman–Crippen MR) is 116 cm³/mol. The third kappa shape index (κ3) is 3.92. The van der Waals surface area contributed by atoms with Crippen LogP contribution >= 0.6 is 11.6 Å². The summed E-state index contributed by atoms with van der Waals surface area (Å²) in [5, 5.41) is 0.598. The van der Waals surface area contributed by atoms with Gasteiger partial charge in [0.2, 0.25) is 0 Å². The van der Waals surface area contributed by atoms with Crippen molar-refractivity contribution in [2.24, 2.45) is 0 Å². The van der Waals surface area contributed by atoms with Gasteiger partial charge in [0.1, 0.15) is 22.5 Å². The van der Waals surface area contributed by atoms with Gasteiger partial charge >= 0.3 is 0 Å². The van der Waals surface area contributed by atoms with Crippen molar-refractivity contribution in [1.29, 1.82) is 0 Å². The maximum absolute atomic E-state index is 15.0. The monoisotopic (exact) mass is 420 g/mol. The highest BCUT2D eigenvalue weighted by atomic mass is 35.5. The summed E-state index contributed by atoms with van der Waals surface area (Å²) in [6.07, 6.45) is 0.975. The summed E-state index contributed by atoms with van der Waals surface area (Å²) in [6.45, 7) is 2.11. The summed E-state index contributed by atoms with van der Waals surface area (Å²) in [7, 11) is 0. The molecule has 0 bridgehead atoms. The minimum Gasteiger partial charge on any atom is -0.205 e. The van der Waals surface area contributed by atoms with Crippen molar-refractivity contribution >= 4 is 22.4 Å². The van der Waals surface area contributed by atoms with E-state index >= 15 is 0 Å². The van der Waals surface area contributed by atoms with E-state index in [1.165, 1.54) is 5.56 Å². The highest BCUT2D eigenvalue weighted by molar-refractivity contribution is 6.30. The van der Waals surface area contributed by atoms with Crippen LogP contribution in [0, 0.1) is 29.3 Å². The van der Waals surface area contributed by atoms with Crippen molar-refractivity contribution in [1.82, 2.24) is 0 Å². The number of hydrogen-bond acceptors (Lipinski definition) is 0. The van der Waals surface area contributed by atoms with E-state index in [4.69, 9.17) is 11.6 Å². The van der Waals surface area contributed by atoms with Crippen LogP contribution < -0.4 is 0 Å². The lowest BCUT2D eigenvalue weighted by Crippen LogP contribution is -1.89. The average molecular weight is 421 g/mol. The maximum atomic E-state index is 15.0. The quantitative estimate of drug-likeness (QED) is 0.232. The molecule has 0 spiro atoms. The first-order chi connectivity index (χ1) is 14.5. The Morgan fingerprint density at radius 1 is 0.767 bits per heavy atom. The molecule has 4 aromatic rings. The van der Waals surface area contributed by atoms with Crippen LogP contribution in [0.2, 0.25) is 5.02 Å². The first-order valence-corrected chi connectivity index (χ1v) is 9.82. The highest BCUT2D eigenvalue weighted by Crippen LogP contribution is 2.28. The summed E-state index contributed by atoms with van der Waals surface area (Å²) in [6, 6.07) is 19.2. The number of benzene rings is 4. The van der Waals surface area contributed by atoms with Crippen LogP contribution in [0.15, 0.2) is 66.7 Å². The van der Waals surface area contributed by atoms with Crippen molar-refractivity contribution in [3.05, 3.63) is 106 Å². The smallest absolute Gasteiger partial charge is 0.146 e. The van der Waals surface area contributed by atoms with Crippen LogP contribution in [0.3, 0.4) is 0 Å². The molecule has 0 aliphatic heterocycles. The second-order valence-electron chi connectivity index (χ2n) is 6.92. The first kappa shape index (κ1) is 20.1. The molecule has 0 saturated carbocycles. The minimum atomic E-state index is -0.903. The fourth-order valence-corrected chi connectivity index (χ4v) is 3.38. The molecule has 0 N–H and O–H groups in total. The van der Waals surface area contributed by atoms with Gasteiger partial charge in [0.05, 0.1) is 5.56 Å². The summed E-state index contributed by atoms with van der Waals surface area (Å²) in [5.41, 5.74) is 3.55. The van der Waals surface area contributed by atoms with Crippen LogP contribution in [0.4, 0.5) is 13.2 Å². The Morgan fingerprint density at radius 2 is 1.43 bits per heavy atom. The van der Waals surface area contributed by atoms with Gasteiger partial charge in [0.15, 0.2) is 0 Å². The number of aryl methyl sites for hydroxylation is 1. The minimum absolute atomic E-state index is 0.0831. The number of hydrogen-bond donors (Lipinski definition) is 0. The molecule has 0 heterocycles. The maximum Gasteiger partial charge on any atom is 0.146 e. The van der Waals surface area contributed by atoms with E-state index in [-0.39, 0.29) is 11.1 Å². The topological polar surface area (TPSA) is 0 Å². The lowest BCUT2D eigenvalue weighted by atomic mass is 9.98. The highest BCUT2D eigenvalue weighted by Gasteiger charge is 2.09. The van der Waals surface area contributed by atoms with E-state index in [1.54, 1.807) is 18.2 Å². The second kappa shape index (κ2) is 8.26. The van der Waals surface area contributed by atoms with Crippen LogP contribution in [0.25, 0.3) is 21.9 Å². The molecule has 0 aliphatic carbocycles. The zero-order chi connectivity index (χ0) is 21.3. The zero-order valence-electron chi connectivity index (χ0n) is 16.1. The molecule has 0 amide bonds. The Morgan fingerprint density at radius 3 is 2.10 bits per heavy atom. The number of rotatable bonds is 2. The molecule has 0 unspecified atom stereocenters. The van der Waals surface area contributed by atoms with Gasteiger partial charge in [-0.15, -0.1) is 0 Å². The zero-order valence-corrected chi connectivity index (χ0v) is 16.8. The molecule has 0 atom stereocenters. The van der Waals surface area contributed by atoms with Gasteiger partial charge in [-0.1, -0.05) is 72.8 Å². The van der Waals surface area contributed by atoms with Crippen LogP contribution in [-0.4, -0.2) is 0 Å². The van der Waals surface area contributed by atoms with E-state index in [2.05, 4.69) is 43.0 Å². The molecular weight excluding hydrogens is 405 g/mol. The van der Waals surface area contributed by atoms with E-state index in [9.17, 15) is 13.2 Å². The summed E-state index contributed by atoms with van der Waals surface area (Å²) in [5.74, 6) is 2.97. The van der Waals surface area contributed by atoms with E-state index in [1.807, 2.05) is 12.1 Å². The first-order valence-electron chi connectivity index (χ1n) is 9.44. The lowest BCUT2D eigenvalue weighted by Gasteiger charge is -2.07. The Balaban J connectivity index is 1.70. The Hall–Kier alpha value is -3.22. The van der Waals surface area contributed by atoms with Gasteiger partial charge in [-0.2, -0.15) is 0 Å². The van der Waals surface area contributed by atoms with E-state index in [0.29, 0.717) is 5.39 Å². The van der Waals surface area contributed by atoms with Crippen LogP contribution in [0.1, 0.15) is 23.6 Å². The summed E-state index contributed by atoms with van der Waals surface area (Å²) < 4.78 is 42.1. The molecule has 0 fully saturated rings. The molecule has 4 rings (SSSR count). The molecule has 4 aromatic carbocycles. The van der Waals surface area contributed by atoms with E-state index < -0.39 is 22.5 Å². The van der Waals surface area contributed by atoms with E-state index in [0.717, 1.165) is 35.1 Å². The molecular formula is C26H16ClF3. The fourth-order valence-electron chi connectivity index (χ4n) is 3.27. The van der Waals surface area contributed by atoms with Crippen molar-refractivity contribution in [2.75, 3.05) is 0 Å². The van der Waals surface area contributed by atoms with Gasteiger partial charge in [-0.3, -0.25) is 0 Å². The van der Waals surface area contributed by atoms with Gasteiger partial charge in [-0.05, 0) is 52.8 Å². The molecule has 0 aliphatic rings. The van der Waals surface area contributed by atoms with Crippen LogP contribution in [-0.2, 0) is 6.42 Å². The Labute approximate surface area is 177 Å². The molecule has 148 valence electrons. The van der Waals surface area contributed by atoms with Crippen molar-refractivity contribution in [3.63, 3.8) is 0 Å². The summed E-state index contributed by atoms with van der Waals surface area (Å²) >= 11 is 5.47. The van der Waals surface area contributed by atoms with Gasteiger partial charge in [-0.25, -0.2) is 13.2 Å². The normalized spacial score (nSPS) is 10.7.